The molecular weight excluding hydrogens is 330 g/mol. The summed E-state index contributed by atoms with van der Waals surface area (Å²) in [7, 11) is -3.62. The van der Waals surface area contributed by atoms with Gasteiger partial charge in [-0.05, 0) is 19.1 Å². The van der Waals surface area contributed by atoms with Crippen LogP contribution in [0, 0.1) is 6.92 Å². The number of urea groups is 1. The summed E-state index contributed by atoms with van der Waals surface area (Å²) in [6.45, 7) is 3.12. The zero-order valence-electron chi connectivity index (χ0n) is 13.3. The van der Waals surface area contributed by atoms with Crippen molar-refractivity contribution in [3.8, 4) is 0 Å². The summed E-state index contributed by atoms with van der Waals surface area (Å²) in [6, 6.07) is 7.29. The van der Waals surface area contributed by atoms with E-state index in [0.717, 1.165) is 11.3 Å². The number of amides is 2. The van der Waals surface area contributed by atoms with Crippen LogP contribution in [0.3, 0.4) is 0 Å². The number of imidazole rings is 1. The van der Waals surface area contributed by atoms with Crippen molar-refractivity contribution in [3.63, 3.8) is 0 Å². The number of aromatic amines is 1. The molecule has 0 radical (unpaired) electrons. The lowest BCUT2D eigenvalue weighted by atomic mass is 10.2. The van der Waals surface area contributed by atoms with Gasteiger partial charge in [-0.1, -0.05) is 17.7 Å². The second-order valence-electron chi connectivity index (χ2n) is 5.58. The van der Waals surface area contributed by atoms with Crippen LogP contribution in [0.1, 0.15) is 5.56 Å². The van der Waals surface area contributed by atoms with E-state index in [1.807, 2.05) is 31.2 Å². The minimum atomic E-state index is -3.62. The largest absolute Gasteiger partial charge is 0.334 e. The van der Waals surface area contributed by atoms with Crippen LogP contribution in [-0.2, 0) is 10.0 Å². The first-order valence-electron chi connectivity index (χ1n) is 7.59. The van der Waals surface area contributed by atoms with E-state index in [2.05, 4.69) is 15.3 Å². The fraction of sp³-hybridized carbons (Fsp3) is 0.333. The Hall–Kier alpha value is -2.39. The maximum absolute atomic E-state index is 12.4. The first-order valence-corrected chi connectivity index (χ1v) is 9.03. The van der Waals surface area contributed by atoms with Crippen molar-refractivity contribution in [2.45, 2.75) is 12.1 Å². The Kier molecular flexibility index (Phi) is 4.54. The fourth-order valence-corrected chi connectivity index (χ4v) is 3.78. The lowest BCUT2D eigenvalue weighted by Crippen LogP contribution is -2.51. The third-order valence-electron chi connectivity index (χ3n) is 3.89. The fourth-order valence-electron chi connectivity index (χ4n) is 2.49. The van der Waals surface area contributed by atoms with Crippen molar-refractivity contribution >= 4 is 21.7 Å². The van der Waals surface area contributed by atoms with Gasteiger partial charge in [-0.2, -0.15) is 4.31 Å². The third kappa shape index (κ3) is 3.41. The molecule has 1 aliphatic heterocycles. The van der Waals surface area contributed by atoms with Gasteiger partial charge in [0, 0.05) is 44.3 Å². The summed E-state index contributed by atoms with van der Waals surface area (Å²) in [5.74, 6) is 0. The van der Waals surface area contributed by atoms with E-state index < -0.39 is 10.0 Å². The predicted octanol–water partition coefficient (Wildman–Crippen LogP) is 1.26. The Morgan fingerprint density at radius 2 is 1.83 bits per heavy atom. The van der Waals surface area contributed by atoms with Gasteiger partial charge in [0.2, 0.25) is 5.16 Å². The predicted molar refractivity (Wildman–Crippen MR) is 89.1 cm³/mol. The monoisotopic (exact) mass is 349 g/mol. The Morgan fingerprint density at radius 3 is 2.42 bits per heavy atom. The number of hydrogen-bond acceptors (Lipinski definition) is 4. The second-order valence-corrected chi connectivity index (χ2v) is 7.43. The summed E-state index contributed by atoms with van der Waals surface area (Å²) in [5, 5.41) is 2.75. The molecule has 2 heterocycles. The molecule has 9 heteroatoms. The SMILES string of the molecule is Cc1ccc(NC(=O)N2CCN(S(=O)(=O)c3ncc[nH]3)CC2)cc1. The maximum Gasteiger partial charge on any atom is 0.321 e. The standard InChI is InChI=1S/C15H19N5O3S/c1-12-2-4-13(5-3-12)18-15(21)19-8-10-20(11-9-19)24(22,23)14-16-6-7-17-14/h2-7H,8-11H2,1H3,(H,16,17)(H,18,21). The zero-order chi connectivity index (χ0) is 17.2. The van der Waals surface area contributed by atoms with E-state index >= 15 is 0 Å². The molecule has 0 bridgehead atoms. The highest BCUT2D eigenvalue weighted by atomic mass is 32.2. The summed E-state index contributed by atoms with van der Waals surface area (Å²) in [4.78, 5) is 20.3. The van der Waals surface area contributed by atoms with Gasteiger partial charge in [0.05, 0.1) is 0 Å². The van der Waals surface area contributed by atoms with Crippen LogP contribution < -0.4 is 5.32 Å². The minimum Gasteiger partial charge on any atom is -0.334 e. The molecule has 128 valence electrons. The van der Waals surface area contributed by atoms with Gasteiger partial charge in [-0.15, -0.1) is 0 Å². The lowest BCUT2D eigenvalue weighted by Gasteiger charge is -2.33. The molecule has 1 aliphatic rings. The van der Waals surface area contributed by atoms with Crippen LogP contribution in [0.15, 0.2) is 41.8 Å². The Morgan fingerprint density at radius 1 is 1.17 bits per heavy atom. The van der Waals surface area contributed by atoms with Crippen LogP contribution in [0.25, 0.3) is 0 Å². The zero-order valence-corrected chi connectivity index (χ0v) is 14.1. The van der Waals surface area contributed by atoms with Crippen LogP contribution in [-0.4, -0.2) is 59.8 Å². The van der Waals surface area contributed by atoms with Crippen LogP contribution in [0.2, 0.25) is 0 Å². The number of sulfonamides is 1. The molecule has 0 unspecified atom stereocenters. The smallest absolute Gasteiger partial charge is 0.321 e. The molecule has 0 spiro atoms. The highest BCUT2D eigenvalue weighted by Gasteiger charge is 2.31. The van der Waals surface area contributed by atoms with E-state index in [4.69, 9.17) is 0 Å². The second kappa shape index (κ2) is 6.62. The van der Waals surface area contributed by atoms with Crippen molar-refractivity contribution in [2.75, 3.05) is 31.5 Å². The summed E-state index contributed by atoms with van der Waals surface area (Å²) in [5.41, 5.74) is 1.83. The first-order chi connectivity index (χ1) is 11.5. The number of anilines is 1. The normalized spacial score (nSPS) is 16.1. The van der Waals surface area contributed by atoms with Gasteiger partial charge in [0.1, 0.15) is 0 Å². The van der Waals surface area contributed by atoms with E-state index in [9.17, 15) is 13.2 Å². The number of benzene rings is 1. The van der Waals surface area contributed by atoms with E-state index in [0.29, 0.717) is 13.1 Å². The van der Waals surface area contributed by atoms with E-state index in [1.54, 1.807) is 4.90 Å². The van der Waals surface area contributed by atoms with Crippen molar-refractivity contribution in [3.05, 3.63) is 42.2 Å². The summed E-state index contributed by atoms with van der Waals surface area (Å²) in [6.07, 6.45) is 2.87. The summed E-state index contributed by atoms with van der Waals surface area (Å²) >= 11 is 0. The average molecular weight is 349 g/mol. The molecule has 8 nitrogen and oxygen atoms in total. The number of rotatable bonds is 3. The number of nitrogens with zero attached hydrogens (tertiary/aromatic N) is 3. The number of aromatic nitrogens is 2. The Bertz CT molecular complexity index is 794. The highest BCUT2D eigenvalue weighted by molar-refractivity contribution is 7.88. The molecule has 0 saturated carbocycles. The molecule has 1 aromatic carbocycles. The summed E-state index contributed by atoms with van der Waals surface area (Å²) < 4.78 is 26.1. The number of hydrogen-bond donors (Lipinski definition) is 2. The van der Waals surface area contributed by atoms with Crippen molar-refractivity contribution < 1.29 is 13.2 Å². The number of piperazine rings is 1. The minimum absolute atomic E-state index is 0.0694. The van der Waals surface area contributed by atoms with Gasteiger partial charge in [0.15, 0.2) is 0 Å². The molecule has 1 aromatic heterocycles. The quantitative estimate of drug-likeness (QED) is 0.871. The van der Waals surface area contributed by atoms with Gasteiger partial charge >= 0.3 is 6.03 Å². The highest BCUT2D eigenvalue weighted by Crippen LogP contribution is 2.15. The molecule has 3 rings (SSSR count). The lowest BCUT2D eigenvalue weighted by molar-refractivity contribution is 0.184. The van der Waals surface area contributed by atoms with E-state index in [1.165, 1.54) is 16.7 Å². The number of carbonyl (C=O) groups excluding carboxylic acids is 1. The van der Waals surface area contributed by atoms with Gasteiger partial charge < -0.3 is 15.2 Å². The Labute approximate surface area is 140 Å². The molecule has 0 aliphatic carbocycles. The van der Waals surface area contributed by atoms with Gasteiger partial charge in [-0.3, -0.25) is 0 Å². The molecule has 2 N–H and O–H groups in total. The van der Waals surface area contributed by atoms with Crippen LogP contribution in [0.5, 0.6) is 0 Å². The molecule has 24 heavy (non-hydrogen) atoms. The van der Waals surface area contributed by atoms with E-state index in [-0.39, 0.29) is 24.3 Å². The topological polar surface area (TPSA) is 98.4 Å². The molecule has 2 amide bonds. The van der Waals surface area contributed by atoms with Crippen molar-refractivity contribution in [2.24, 2.45) is 0 Å². The molecule has 1 saturated heterocycles. The Balaban J connectivity index is 1.58. The van der Waals surface area contributed by atoms with Crippen LogP contribution in [0.4, 0.5) is 10.5 Å². The number of carbonyl (C=O) groups is 1. The van der Waals surface area contributed by atoms with Crippen LogP contribution >= 0.6 is 0 Å². The van der Waals surface area contributed by atoms with Gasteiger partial charge in [-0.25, -0.2) is 18.2 Å². The van der Waals surface area contributed by atoms with Gasteiger partial charge in [0.25, 0.3) is 10.0 Å². The number of H-pyrrole nitrogens is 1. The molecule has 2 aromatic rings. The number of nitrogens with one attached hydrogen (secondary N) is 2. The molecule has 1 fully saturated rings. The molecule has 0 atom stereocenters. The van der Waals surface area contributed by atoms with Crippen molar-refractivity contribution in [1.29, 1.82) is 0 Å². The number of aryl methyl sites for hydroxylation is 1. The van der Waals surface area contributed by atoms with Crippen molar-refractivity contribution in [1.82, 2.24) is 19.2 Å². The third-order valence-corrected chi connectivity index (χ3v) is 5.64. The molecular formula is C15H19N5O3S. The maximum atomic E-state index is 12.4. The average Bonchev–Trinajstić information content (AvgIpc) is 3.12. The first kappa shape index (κ1) is 16.5.